The van der Waals surface area contributed by atoms with Gasteiger partial charge in [0.1, 0.15) is 5.84 Å². The van der Waals surface area contributed by atoms with Gasteiger partial charge in [0.25, 0.3) is 0 Å². The van der Waals surface area contributed by atoms with Crippen molar-refractivity contribution in [1.29, 1.82) is 0 Å². The Labute approximate surface area is 102 Å². The minimum absolute atomic E-state index is 0.298. The second-order valence-corrected chi connectivity index (χ2v) is 3.95. The average Bonchev–Trinajstić information content (AvgIpc) is 2.85. The average molecular weight is 239 g/mol. The molecule has 1 rings (SSSR count). The predicted octanol–water partition coefficient (Wildman–Crippen LogP) is 0.779. The van der Waals surface area contributed by atoms with Crippen LogP contribution in [-0.4, -0.2) is 33.7 Å². The summed E-state index contributed by atoms with van der Waals surface area (Å²) >= 11 is 0. The van der Waals surface area contributed by atoms with Crippen LogP contribution in [0.3, 0.4) is 0 Å². The molecule has 0 saturated heterocycles. The molecule has 0 saturated carbocycles. The zero-order chi connectivity index (χ0) is 12.3. The van der Waals surface area contributed by atoms with Gasteiger partial charge in [0.05, 0.1) is 6.33 Å². The minimum Gasteiger partial charge on any atom is -0.409 e. The number of hydrogen-bond acceptors (Lipinski definition) is 4. The highest BCUT2D eigenvalue weighted by Crippen LogP contribution is 1.94. The fourth-order valence-electron chi connectivity index (χ4n) is 1.53. The highest BCUT2D eigenvalue weighted by Gasteiger charge is 1.94. The van der Waals surface area contributed by atoms with Crippen molar-refractivity contribution in [1.82, 2.24) is 14.9 Å². The van der Waals surface area contributed by atoms with E-state index in [1.165, 1.54) is 0 Å². The Balaban J connectivity index is 1.85. The van der Waals surface area contributed by atoms with Crippen molar-refractivity contribution in [2.24, 2.45) is 10.9 Å². The van der Waals surface area contributed by atoms with Crippen LogP contribution >= 0.6 is 0 Å². The number of amidine groups is 1. The third-order valence-electron chi connectivity index (χ3n) is 2.49. The Bertz CT molecular complexity index is 310. The summed E-state index contributed by atoms with van der Waals surface area (Å²) in [6.07, 6.45) is 9.43. The van der Waals surface area contributed by atoms with Gasteiger partial charge in [0, 0.05) is 25.4 Å². The smallest absolute Gasteiger partial charge is 0.139 e. The molecule has 0 atom stereocenters. The second kappa shape index (κ2) is 8.58. The third-order valence-corrected chi connectivity index (χ3v) is 2.49. The first kappa shape index (κ1) is 13.5. The first-order chi connectivity index (χ1) is 8.33. The predicted molar refractivity (Wildman–Crippen MR) is 67.0 cm³/mol. The lowest BCUT2D eigenvalue weighted by atomic mass is 10.2. The van der Waals surface area contributed by atoms with E-state index in [1.54, 1.807) is 6.20 Å². The van der Waals surface area contributed by atoms with Gasteiger partial charge < -0.3 is 20.8 Å². The van der Waals surface area contributed by atoms with Crippen LogP contribution in [-0.2, 0) is 6.54 Å². The van der Waals surface area contributed by atoms with Crippen LogP contribution < -0.4 is 11.1 Å². The molecular weight excluding hydrogens is 218 g/mol. The topological polar surface area (TPSA) is 88.5 Å². The lowest BCUT2D eigenvalue weighted by molar-refractivity contribution is 0.316. The summed E-state index contributed by atoms with van der Waals surface area (Å²) in [6.45, 7) is 2.93. The Morgan fingerprint density at radius 3 is 2.88 bits per heavy atom. The van der Waals surface area contributed by atoms with E-state index < -0.39 is 0 Å². The number of nitrogens with two attached hydrogens (primary N) is 1. The molecule has 0 amide bonds. The van der Waals surface area contributed by atoms with Gasteiger partial charge in [-0.2, -0.15) is 0 Å². The monoisotopic (exact) mass is 239 g/mol. The van der Waals surface area contributed by atoms with Gasteiger partial charge in [-0.25, -0.2) is 4.98 Å². The molecule has 0 unspecified atom stereocenters. The summed E-state index contributed by atoms with van der Waals surface area (Å²) in [6, 6.07) is 0. The van der Waals surface area contributed by atoms with Crippen LogP contribution in [0.5, 0.6) is 0 Å². The molecule has 96 valence electrons. The van der Waals surface area contributed by atoms with Gasteiger partial charge in [0.2, 0.25) is 0 Å². The molecule has 0 aliphatic rings. The van der Waals surface area contributed by atoms with Crippen molar-refractivity contribution in [3.05, 3.63) is 18.7 Å². The Hall–Kier alpha value is -1.56. The molecule has 4 N–H and O–H groups in total. The van der Waals surface area contributed by atoms with Crippen molar-refractivity contribution in [3.8, 4) is 0 Å². The summed E-state index contributed by atoms with van der Waals surface area (Å²) in [5, 5.41) is 14.6. The molecule has 1 heterocycles. The van der Waals surface area contributed by atoms with E-state index in [-0.39, 0.29) is 0 Å². The zero-order valence-corrected chi connectivity index (χ0v) is 10.0. The molecule has 0 aliphatic heterocycles. The van der Waals surface area contributed by atoms with Crippen LogP contribution in [0.1, 0.15) is 25.7 Å². The van der Waals surface area contributed by atoms with E-state index in [9.17, 15) is 0 Å². The van der Waals surface area contributed by atoms with E-state index >= 15 is 0 Å². The third kappa shape index (κ3) is 6.57. The number of oxime groups is 1. The molecule has 6 heteroatoms. The van der Waals surface area contributed by atoms with E-state index in [2.05, 4.69) is 20.0 Å². The lowest BCUT2D eigenvalue weighted by Gasteiger charge is -2.04. The maximum absolute atomic E-state index is 8.33. The summed E-state index contributed by atoms with van der Waals surface area (Å²) in [5.41, 5.74) is 5.35. The SMILES string of the molecule is NC(CCCNCCCCn1ccnc1)=NO. The molecular formula is C11H21N5O. The van der Waals surface area contributed by atoms with Crippen LogP contribution in [0.15, 0.2) is 23.9 Å². The summed E-state index contributed by atoms with van der Waals surface area (Å²) in [7, 11) is 0. The highest BCUT2D eigenvalue weighted by molar-refractivity contribution is 5.79. The molecule has 1 aromatic rings. The van der Waals surface area contributed by atoms with E-state index in [0.717, 1.165) is 38.9 Å². The van der Waals surface area contributed by atoms with Crippen LogP contribution in [0.4, 0.5) is 0 Å². The van der Waals surface area contributed by atoms with E-state index in [1.807, 2.05) is 12.5 Å². The maximum atomic E-state index is 8.33. The van der Waals surface area contributed by atoms with Crippen LogP contribution in [0.25, 0.3) is 0 Å². The van der Waals surface area contributed by atoms with Crippen molar-refractivity contribution < 1.29 is 5.21 Å². The van der Waals surface area contributed by atoms with Crippen molar-refractivity contribution >= 4 is 5.84 Å². The van der Waals surface area contributed by atoms with E-state index in [0.29, 0.717) is 12.3 Å². The molecule has 17 heavy (non-hydrogen) atoms. The summed E-state index contributed by atoms with van der Waals surface area (Å²) < 4.78 is 2.08. The molecule has 0 spiro atoms. The minimum atomic E-state index is 0.298. The van der Waals surface area contributed by atoms with Crippen LogP contribution in [0, 0.1) is 0 Å². The maximum Gasteiger partial charge on any atom is 0.139 e. The van der Waals surface area contributed by atoms with Crippen molar-refractivity contribution in [2.75, 3.05) is 13.1 Å². The number of nitrogens with one attached hydrogen (secondary N) is 1. The fourth-order valence-corrected chi connectivity index (χ4v) is 1.53. The first-order valence-corrected chi connectivity index (χ1v) is 5.96. The zero-order valence-electron chi connectivity index (χ0n) is 10.0. The van der Waals surface area contributed by atoms with E-state index in [4.69, 9.17) is 10.9 Å². The van der Waals surface area contributed by atoms with Gasteiger partial charge >= 0.3 is 0 Å². The number of imidazole rings is 1. The quantitative estimate of drug-likeness (QED) is 0.195. The number of aromatic nitrogens is 2. The number of hydrogen-bond donors (Lipinski definition) is 3. The van der Waals surface area contributed by atoms with Gasteiger partial charge in [-0.15, -0.1) is 0 Å². The molecule has 6 nitrogen and oxygen atoms in total. The lowest BCUT2D eigenvalue weighted by Crippen LogP contribution is -2.19. The largest absolute Gasteiger partial charge is 0.409 e. The first-order valence-electron chi connectivity index (χ1n) is 5.96. The molecule has 0 aromatic carbocycles. The molecule has 0 bridgehead atoms. The number of nitrogens with zero attached hydrogens (tertiary/aromatic N) is 3. The Kier molecular flexibility index (Phi) is 6.81. The second-order valence-electron chi connectivity index (χ2n) is 3.95. The van der Waals surface area contributed by atoms with Gasteiger partial charge in [0.15, 0.2) is 0 Å². The normalized spacial score (nSPS) is 11.9. The van der Waals surface area contributed by atoms with Gasteiger partial charge in [-0.1, -0.05) is 5.16 Å². The fraction of sp³-hybridized carbons (Fsp3) is 0.636. The Morgan fingerprint density at radius 2 is 2.18 bits per heavy atom. The molecule has 0 aliphatic carbocycles. The summed E-state index contributed by atoms with van der Waals surface area (Å²) in [4.78, 5) is 3.99. The van der Waals surface area contributed by atoms with Gasteiger partial charge in [-0.3, -0.25) is 0 Å². The summed E-state index contributed by atoms with van der Waals surface area (Å²) in [5.74, 6) is 0.298. The van der Waals surface area contributed by atoms with Crippen molar-refractivity contribution in [3.63, 3.8) is 0 Å². The number of unbranched alkanes of at least 4 members (excludes halogenated alkanes) is 1. The van der Waals surface area contributed by atoms with Crippen LogP contribution in [0.2, 0.25) is 0 Å². The highest BCUT2D eigenvalue weighted by atomic mass is 16.4. The molecule has 0 radical (unpaired) electrons. The van der Waals surface area contributed by atoms with Crippen molar-refractivity contribution in [2.45, 2.75) is 32.2 Å². The van der Waals surface area contributed by atoms with Gasteiger partial charge in [-0.05, 0) is 32.4 Å². The molecule has 1 aromatic heterocycles. The number of rotatable bonds is 9. The standard InChI is InChI=1S/C11H21N5O/c12-11(15-17)4-3-6-13-5-1-2-8-16-9-7-14-10-16/h7,9-10,13,17H,1-6,8H2,(H2,12,15). The molecule has 0 fully saturated rings. The Morgan fingerprint density at radius 1 is 1.35 bits per heavy atom. The number of aryl methyl sites for hydroxylation is 1.